The van der Waals surface area contributed by atoms with Crippen molar-refractivity contribution in [3.8, 4) is 11.5 Å². The molecule has 140 valence electrons. The van der Waals surface area contributed by atoms with E-state index in [4.69, 9.17) is 21.1 Å². The van der Waals surface area contributed by atoms with E-state index in [1.807, 2.05) is 64.1 Å². The first-order chi connectivity index (χ1) is 12.3. The molecule has 4 nitrogen and oxygen atoms in total. The van der Waals surface area contributed by atoms with E-state index < -0.39 is 6.10 Å². The Morgan fingerprint density at radius 3 is 2.31 bits per heavy atom. The highest BCUT2D eigenvalue weighted by molar-refractivity contribution is 6.32. The van der Waals surface area contributed by atoms with Gasteiger partial charge in [-0.1, -0.05) is 23.7 Å². The van der Waals surface area contributed by atoms with Crippen LogP contribution in [0.15, 0.2) is 36.4 Å². The Balaban J connectivity index is 1.93. The topological polar surface area (TPSA) is 47.6 Å². The zero-order valence-electron chi connectivity index (χ0n) is 15.9. The first kappa shape index (κ1) is 20.1. The van der Waals surface area contributed by atoms with E-state index in [2.05, 4.69) is 5.32 Å². The van der Waals surface area contributed by atoms with Crippen molar-refractivity contribution in [3.05, 3.63) is 58.1 Å². The molecule has 0 aromatic heterocycles. The number of benzene rings is 2. The summed E-state index contributed by atoms with van der Waals surface area (Å²) in [5.74, 6) is 1.26. The van der Waals surface area contributed by atoms with Crippen LogP contribution in [0, 0.1) is 13.8 Å². The lowest BCUT2D eigenvalue weighted by Crippen LogP contribution is -2.35. The number of rotatable bonds is 7. The van der Waals surface area contributed by atoms with Gasteiger partial charge in [0.2, 0.25) is 0 Å². The van der Waals surface area contributed by atoms with E-state index >= 15 is 0 Å². The Hall–Kier alpha value is -2.20. The molecule has 0 heterocycles. The Morgan fingerprint density at radius 1 is 1.04 bits per heavy atom. The van der Waals surface area contributed by atoms with Gasteiger partial charge in [-0.3, -0.25) is 4.79 Å². The van der Waals surface area contributed by atoms with E-state index in [1.54, 1.807) is 6.92 Å². The minimum absolute atomic E-state index is 0.111. The molecule has 1 atom stereocenters. The van der Waals surface area contributed by atoms with Gasteiger partial charge in [-0.15, -0.1) is 0 Å². The minimum Gasteiger partial charge on any atom is -0.491 e. The second kappa shape index (κ2) is 8.95. The number of carbonyl (C=O) groups excluding carboxylic acids is 1. The molecule has 0 unspecified atom stereocenters. The number of nitrogens with one attached hydrogen (secondary N) is 1. The summed E-state index contributed by atoms with van der Waals surface area (Å²) in [6, 6.07) is 11.4. The van der Waals surface area contributed by atoms with Gasteiger partial charge in [0.1, 0.15) is 11.5 Å². The first-order valence-electron chi connectivity index (χ1n) is 8.73. The fourth-order valence-electron chi connectivity index (χ4n) is 2.57. The summed E-state index contributed by atoms with van der Waals surface area (Å²) in [6.07, 6.45) is -0.496. The molecule has 2 aromatic rings. The zero-order chi connectivity index (χ0) is 19.3. The van der Waals surface area contributed by atoms with Crippen LogP contribution in [0.5, 0.6) is 11.5 Å². The molecule has 0 spiro atoms. The number of hydrogen-bond donors (Lipinski definition) is 1. The summed E-state index contributed by atoms with van der Waals surface area (Å²) in [6.45, 7) is 9.94. The molecule has 0 saturated carbocycles. The molecule has 0 aliphatic heterocycles. The van der Waals surface area contributed by atoms with Crippen LogP contribution in [0.4, 0.5) is 0 Å². The molecule has 0 bridgehead atoms. The van der Waals surface area contributed by atoms with Gasteiger partial charge in [0.15, 0.2) is 6.10 Å². The Labute approximate surface area is 160 Å². The van der Waals surface area contributed by atoms with Gasteiger partial charge in [0.05, 0.1) is 6.10 Å². The number of halogens is 1. The summed E-state index contributed by atoms with van der Waals surface area (Å²) in [7, 11) is 0. The normalized spacial score (nSPS) is 12.0. The third-order valence-electron chi connectivity index (χ3n) is 3.83. The predicted molar refractivity (Wildman–Crippen MR) is 105 cm³/mol. The van der Waals surface area contributed by atoms with Crippen molar-refractivity contribution in [2.45, 2.75) is 53.4 Å². The number of amides is 1. The summed E-state index contributed by atoms with van der Waals surface area (Å²) in [5, 5.41) is 3.61. The van der Waals surface area contributed by atoms with Gasteiger partial charge < -0.3 is 14.8 Å². The predicted octanol–water partition coefficient (Wildman–Crippen LogP) is 4.83. The standard InChI is InChI=1S/C21H26ClNO3/c1-13(2)25-18-8-6-7-17(11-18)12-23-21(24)16(5)26-19-9-14(3)20(22)15(4)10-19/h6-11,13,16H,12H2,1-5H3,(H,23,24)/t16-/m0/s1. The maximum Gasteiger partial charge on any atom is 0.261 e. The molecule has 5 heteroatoms. The van der Waals surface area contributed by atoms with Crippen LogP contribution in [-0.2, 0) is 11.3 Å². The molecule has 1 N–H and O–H groups in total. The second-order valence-corrected chi connectivity index (χ2v) is 7.04. The molecule has 26 heavy (non-hydrogen) atoms. The lowest BCUT2D eigenvalue weighted by molar-refractivity contribution is -0.127. The summed E-state index contributed by atoms with van der Waals surface area (Å²) >= 11 is 6.17. The SMILES string of the molecule is Cc1cc(O[C@@H](C)C(=O)NCc2cccc(OC(C)C)c2)cc(C)c1Cl. The summed E-state index contributed by atoms with van der Waals surface area (Å²) in [5.41, 5.74) is 2.83. The highest BCUT2D eigenvalue weighted by atomic mass is 35.5. The van der Waals surface area contributed by atoms with E-state index in [0.29, 0.717) is 12.3 Å². The maximum atomic E-state index is 12.3. The van der Waals surface area contributed by atoms with Crippen molar-refractivity contribution in [3.63, 3.8) is 0 Å². The van der Waals surface area contributed by atoms with Gasteiger partial charge >= 0.3 is 0 Å². The van der Waals surface area contributed by atoms with Crippen LogP contribution < -0.4 is 14.8 Å². The fraction of sp³-hybridized carbons (Fsp3) is 0.381. The Morgan fingerprint density at radius 2 is 1.69 bits per heavy atom. The fourth-order valence-corrected chi connectivity index (χ4v) is 2.67. The van der Waals surface area contributed by atoms with Crippen molar-refractivity contribution in [1.82, 2.24) is 5.32 Å². The monoisotopic (exact) mass is 375 g/mol. The second-order valence-electron chi connectivity index (χ2n) is 6.66. The number of aryl methyl sites for hydroxylation is 2. The van der Waals surface area contributed by atoms with Crippen molar-refractivity contribution in [2.75, 3.05) is 0 Å². The van der Waals surface area contributed by atoms with E-state index in [1.165, 1.54) is 0 Å². The molecule has 0 aliphatic carbocycles. The molecule has 2 aromatic carbocycles. The quantitative estimate of drug-likeness (QED) is 0.754. The molecular formula is C21H26ClNO3. The Bertz CT molecular complexity index is 751. The van der Waals surface area contributed by atoms with Gasteiger partial charge in [-0.05, 0) is 75.6 Å². The van der Waals surface area contributed by atoms with Crippen molar-refractivity contribution in [2.24, 2.45) is 0 Å². The largest absolute Gasteiger partial charge is 0.491 e. The van der Waals surface area contributed by atoms with Crippen LogP contribution in [0.25, 0.3) is 0 Å². The zero-order valence-corrected chi connectivity index (χ0v) is 16.7. The van der Waals surface area contributed by atoms with Crippen LogP contribution in [0.1, 0.15) is 37.5 Å². The third kappa shape index (κ3) is 5.67. The average molecular weight is 376 g/mol. The molecule has 2 rings (SSSR count). The van der Waals surface area contributed by atoms with Gasteiger partial charge in [0, 0.05) is 11.6 Å². The third-order valence-corrected chi connectivity index (χ3v) is 4.43. The van der Waals surface area contributed by atoms with Gasteiger partial charge in [0.25, 0.3) is 5.91 Å². The molecule has 0 radical (unpaired) electrons. The molecule has 0 fully saturated rings. The molecule has 1 amide bonds. The highest BCUT2D eigenvalue weighted by Gasteiger charge is 2.15. The minimum atomic E-state index is -0.606. The number of carbonyl (C=O) groups is 1. The van der Waals surface area contributed by atoms with Gasteiger partial charge in [-0.2, -0.15) is 0 Å². The highest BCUT2D eigenvalue weighted by Crippen LogP contribution is 2.26. The average Bonchev–Trinajstić information content (AvgIpc) is 2.57. The summed E-state index contributed by atoms with van der Waals surface area (Å²) in [4.78, 5) is 12.3. The van der Waals surface area contributed by atoms with Crippen molar-refractivity contribution < 1.29 is 14.3 Å². The molecule has 0 aliphatic rings. The smallest absolute Gasteiger partial charge is 0.261 e. The van der Waals surface area contributed by atoms with Crippen LogP contribution in [0.3, 0.4) is 0 Å². The van der Waals surface area contributed by atoms with E-state index in [0.717, 1.165) is 27.5 Å². The van der Waals surface area contributed by atoms with Crippen molar-refractivity contribution >= 4 is 17.5 Å². The Kier molecular flexibility index (Phi) is 6.92. The van der Waals surface area contributed by atoms with Crippen LogP contribution in [-0.4, -0.2) is 18.1 Å². The lowest BCUT2D eigenvalue weighted by Gasteiger charge is -2.16. The summed E-state index contributed by atoms with van der Waals surface area (Å²) < 4.78 is 11.4. The molecular weight excluding hydrogens is 350 g/mol. The number of ether oxygens (including phenoxy) is 2. The van der Waals surface area contributed by atoms with E-state index in [9.17, 15) is 4.79 Å². The number of hydrogen-bond acceptors (Lipinski definition) is 3. The van der Waals surface area contributed by atoms with Crippen LogP contribution >= 0.6 is 11.6 Å². The van der Waals surface area contributed by atoms with Crippen LogP contribution in [0.2, 0.25) is 5.02 Å². The molecule has 0 saturated heterocycles. The first-order valence-corrected chi connectivity index (χ1v) is 9.10. The lowest BCUT2D eigenvalue weighted by atomic mass is 10.1. The van der Waals surface area contributed by atoms with E-state index in [-0.39, 0.29) is 12.0 Å². The maximum absolute atomic E-state index is 12.3. The van der Waals surface area contributed by atoms with Gasteiger partial charge in [-0.25, -0.2) is 0 Å². The van der Waals surface area contributed by atoms with Crippen molar-refractivity contribution in [1.29, 1.82) is 0 Å².